The zero-order valence-electron chi connectivity index (χ0n) is 12.2. The minimum Gasteiger partial charge on any atom is -0.349 e. The Hall–Kier alpha value is -2.09. The maximum Gasteiger partial charge on any atom is 0.222 e. The second-order valence-corrected chi connectivity index (χ2v) is 5.20. The summed E-state index contributed by atoms with van der Waals surface area (Å²) in [4.78, 5) is 13.1. The van der Waals surface area contributed by atoms with E-state index in [2.05, 4.69) is 48.5 Å². The predicted molar refractivity (Wildman–Crippen MR) is 83.5 cm³/mol. The molecule has 0 saturated heterocycles. The molecule has 20 heavy (non-hydrogen) atoms. The molecule has 2 nitrogen and oxygen atoms in total. The molecule has 0 N–H and O–H groups in total. The van der Waals surface area contributed by atoms with Gasteiger partial charge in [0, 0.05) is 20.5 Å². The van der Waals surface area contributed by atoms with Crippen molar-refractivity contribution >= 4 is 5.91 Å². The summed E-state index contributed by atoms with van der Waals surface area (Å²) in [5.41, 5.74) is 3.76. The highest BCUT2D eigenvalue weighted by Crippen LogP contribution is 2.19. The summed E-state index contributed by atoms with van der Waals surface area (Å²) >= 11 is 0. The van der Waals surface area contributed by atoms with Crippen LogP contribution in [0.1, 0.15) is 18.4 Å². The second kappa shape index (κ2) is 6.90. The number of benzene rings is 2. The first-order valence-electron chi connectivity index (χ1n) is 7.01. The summed E-state index contributed by atoms with van der Waals surface area (Å²) in [6, 6.07) is 19.0. The maximum atomic E-state index is 11.5. The first kappa shape index (κ1) is 14.3. The van der Waals surface area contributed by atoms with E-state index < -0.39 is 0 Å². The molecule has 0 spiro atoms. The van der Waals surface area contributed by atoms with Gasteiger partial charge in [0.15, 0.2) is 0 Å². The number of rotatable bonds is 5. The van der Waals surface area contributed by atoms with E-state index >= 15 is 0 Å². The smallest absolute Gasteiger partial charge is 0.222 e. The lowest BCUT2D eigenvalue weighted by atomic mass is 10.0. The summed E-state index contributed by atoms with van der Waals surface area (Å²) in [5, 5.41) is 0. The molecule has 0 heterocycles. The van der Waals surface area contributed by atoms with Crippen molar-refractivity contribution in [2.75, 3.05) is 14.1 Å². The van der Waals surface area contributed by atoms with Gasteiger partial charge in [0.05, 0.1) is 0 Å². The van der Waals surface area contributed by atoms with Gasteiger partial charge < -0.3 is 4.90 Å². The first-order valence-corrected chi connectivity index (χ1v) is 7.01. The fourth-order valence-corrected chi connectivity index (χ4v) is 2.16. The Morgan fingerprint density at radius 3 is 2.10 bits per heavy atom. The first-order chi connectivity index (χ1) is 9.66. The van der Waals surface area contributed by atoms with Crippen molar-refractivity contribution in [3.8, 4) is 11.1 Å². The van der Waals surface area contributed by atoms with Crippen molar-refractivity contribution in [1.82, 2.24) is 4.90 Å². The van der Waals surface area contributed by atoms with Gasteiger partial charge in [-0.1, -0.05) is 54.6 Å². The fourth-order valence-electron chi connectivity index (χ4n) is 2.16. The second-order valence-electron chi connectivity index (χ2n) is 5.20. The zero-order valence-corrected chi connectivity index (χ0v) is 12.2. The number of aryl methyl sites for hydroxylation is 1. The fraction of sp³-hybridized carbons (Fsp3) is 0.278. The Kier molecular flexibility index (Phi) is 4.94. The van der Waals surface area contributed by atoms with Gasteiger partial charge in [0.25, 0.3) is 0 Å². The molecule has 0 aliphatic carbocycles. The zero-order chi connectivity index (χ0) is 14.4. The number of carbonyl (C=O) groups excluding carboxylic acids is 1. The highest BCUT2D eigenvalue weighted by Gasteiger charge is 2.03. The molecule has 0 aliphatic rings. The van der Waals surface area contributed by atoms with Gasteiger partial charge in [-0.2, -0.15) is 0 Å². The van der Waals surface area contributed by atoms with E-state index in [9.17, 15) is 4.79 Å². The Labute approximate surface area is 121 Å². The van der Waals surface area contributed by atoms with Gasteiger partial charge >= 0.3 is 0 Å². The molecular formula is C18H21NO. The van der Waals surface area contributed by atoms with Crippen molar-refractivity contribution in [2.24, 2.45) is 0 Å². The number of hydrogen-bond donors (Lipinski definition) is 0. The minimum atomic E-state index is 0.200. The predicted octanol–water partition coefficient (Wildman–Crippen LogP) is 3.76. The van der Waals surface area contributed by atoms with Crippen LogP contribution in [0.4, 0.5) is 0 Å². The molecule has 2 aromatic rings. The summed E-state index contributed by atoms with van der Waals surface area (Å²) in [6.45, 7) is 0. The lowest BCUT2D eigenvalue weighted by Crippen LogP contribution is -2.21. The Morgan fingerprint density at radius 2 is 1.50 bits per heavy atom. The van der Waals surface area contributed by atoms with Crippen molar-refractivity contribution in [2.45, 2.75) is 19.3 Å². The molecule has 2 rings (SSSR count). The monoisotopic (exact) mass is 267 g/mol. The lowest BCUT2D eigenvalue weighted by Gasteiger charge is -2.09. The van der Waals surface area contributed by atoms with Crippen LogP contribution in [0.2, 0.25) is 0 Å². The van der Waals surface area contributed by atoms with Crippen LogP contribution in [0.15, 0.2) is 54.6 Å². The third-order valence-electron chi connectivity index (χ3n) is 3.42. The van der Waals surface area contributed by atoms with Gasteiger partial charge in [-0.25, -0.2) is 0 Å². The molecule has 2 aromatic carbocycles. The van der Waals surface area contributed by atoms with Crippen LogP contribution in [0, 0.1) is 0 Å². The van der Waals surface area contributed by atoms with Crippen molar-refractivity contribution in [1.29, 1.82) is 0 Å². The average molecular weight is 267 g/mol. The highest BCUT2D eigenvalue weighted by atomic mass is 16.2. The van der Waals surface area contributed by atoms with Gasteiger partial charge in [-0.3, -0.25) is 4.79 Å². The van der Waals surface area contributed by atoms with Crippen molar-refractivity contribution in [3.05, 3.63) is 60.2 Å². The Balaban J connectivity index is 1.91. The minimum absolute atomic E-state index is 0.200. The van der Waals surface area contributed by atoms with E-state index in [1.165, 1.54) is 16.7 Å². The molecule has 0 bridgehead atoms. The Bertz CT molecular complexity index is 543. The maximum absolute atomic E-state index is 11.5. The van der Waals surface area contributed by atoms with Gasteiger partial charge in [-0.15, -0.1) is 0 Å². The van der Waals surface area contributed by atoms with Crippen LogP contribution in [0.5, 0.6) is 0 Å². The van der Waals surface area contributed by atoms with Crippen LogP contribution in [-0.2, 0) is 11.2 Å². The van der Waals surface area contributed by atoms with E-state index in [1.54, 1.807) is 19.0 Å². The van der Waals surface area contributed by atoms with Crippen molar-refractivity contribution in [3.63, 3.8) is 0 Å². The van der Waals surface area contributed by atoms with Crippen LogP contribution < -0.4 is 0 Å². The van der Waals surface area contributed by atoms with Gasteiger partial charge in [0.1, 0.15) is 0 Å². The molecular weight excluding hydrogens is 246 g/mol. The molecule has 1 amide bonds. The number of nitrogens with zero attached hydrogens (tertiary/aromatic N) is 1. The van der Waals surface area contributed by atoms with Crippen LogP contribution in [-0.4, -0.2) is 24.9 Å². The molecule has 0 saturated carbocycles. The molecule has 0 unspecified atom stereocenters. The van der Waals surface area contributed by atoms with E-state index in [0.717, 1.165) is 12.8 Å². The Morgan fingerprint density at radius 1 is 0.900 bits per heavy atom. The SMILES string of the molecule is CN(C)C(=O)CCCc1ccc(-c2ccccc2)cc1. The van der Waals surface area contributed by atoms with E-state index in [4.69, 9.17) is 0 Å². The average Bonchev–Trinajstić information content (AvgIpc) is 2.48. The molecule has 0 atom stereocenters. The van der Waals surface area contributed by atoms with Gasteiger partial charge in [0.2, 0.25) is 5.91 Å². The van der Waals surface area contributed by atoms with E-state index in [0.29, 0.717) is 6.42 Å². The molecule has 0 fully saturated rings. The van der Waals surface area contributed by atoms with Crippen molar-refractivity contribution < 1.29 is 4.79 Å². The quantitative estimate of drug-likeness (QED) is 0.807. The summed E-state index contributed by atoms with van der Waals surface area (Å²) in [7, 11) is 3.61. The van der Waals surface area contributed by atoms with Crippen LogP contribution >= 0.6 is 0 Å². The summed E-state index contributed by atoms with van der Waals surface area (Å²) in [5.74, 6) is 0.200. The lowest BCUT2D eigenvalue weighted by molar-refractivity contribution is -0.128. The summed E-state index contributed by atoms with van der Waals surface area (Å²) in [6.07, 6.45) is 2.48. The largest absolute Gasteiger partial charge is 0.349 e. The van der Waals surface area contributed by atoms with Gasteiger partial charge in [-0.05, 0) is 29.5 Å². The third-order valence-corrected chi connectivity index (χ3v) is 3.42. The molecule has 104 valence electrons. The summed E-state index contributed by atoms with van der Waals surface area (Å²) < 4.78 is 0. The number of carbonyl (C=O) groups is 1. The normalized spacial score (nSPS) is 10.3. The molecule has 0 radical (unpaired) electrons. The number of hydrogen-bond acceptors (Lipinski definition) is 1. The van der Waals surface area contributed by atoms with Crippen LogP contribution in [0.3, 0.4) is 0 Å². The van der Waals surface area contributed by atoms with Crippen LogP contribution in [0.25, 0.3) is 11.1 Å². The highest BCUT2D eigenvalue weighted by molar-refractivity contribution is 5.75. The molecule has 0 aliphatic heterocycles. The molecule has 2 heteroatoms. The topological polar surface area (TPSA) is 20.3 Å². The standard InChI is InChI=1S/C18H21NO/c1-19(2)18(20)10-6-7-15-11-13-17(14-12-15)16-8-4-3-5-9-16/h3-5,8-9,11-14H,6-7,10H2,1-2H3. The van der Waals surface area contributed by atoms with E-state index in [1.807, 2.05) is 6.07 Å². The third kappa shape index (κ3) is 3.95. The number of amides is 1. The molecule has 0 aromatic heterocycles. The van der Waals surface area contributed by atoms with E-state index in [-0.39, 0.29) is 5.91 Å².